The first-order valence-electron chi connectivity index (χ1n) is 6.18. The molecule has 1 aromatic carbocycles. The fourth-order valence-electron chi connectivity index (χ4n) is 2.27. The van der Waals surface area contributed by atoms with Gasteiger partial charge in [0.15, 0.2) is 0 Å². The number of carbonyl (C=O) groups excluding carboxylic acids is 1. The molecule has 2 rings (SSSR count). The van der Waals surface area contributed by atoms with Gasteiger partial charge < -0.3 is 10.5 Å². The summed E-state index contributed by atoms with van der Waals surface area (Å²) in [6.45, 7) is 0.0984. The number of esters is 1. The van der Waals surface area contributed by atoms with Gasteiger partial charge in [0.25, 0.3) is 0 Å². The lowest BCUT2D eigenvalue weighted by Crippen LogP contribution is -2.45. The molecule has 20 heavy (non-hydrogen) atoms. The number of hydrogen-bond donors (Lipinski definition) is 1. The molecule has 0 bridgehead atoms. The SMILES string of the molecule is COC(=O)C(CN)(Cc1ccsc1)c1ccc(F)cc1. The zero-order valence-electron chi connectivity index (χ0n) is 11.1. The summed E-state index contributed by atoms with van der Waals surface area (Å²) < 4.78 is 18.0. The molecule has 0 saturated heterocycles. The van der Waals surface area contributed by atoms with E-state index in [4.69, 9.17) is 10.5 Å². The molecule has 0 aliphatic rings. The van der Waals surface area contributed by atoms with Gasteiger partial charge in [-0.25, -0.2) is 4.39 Å². The van der Waals surface area contributed by atoms with Crippen molar-refractivity contribution >= 4 is 17.3 Å². The largest absolute Gasteiger partial charge is 0.468 e. The van der Waals surface area contributed by atoms with Gasteiger partial charge in [-0.3, -0.25) is 4.79 Å². The lowest BCUT2D eigenvalue weighted by Gasteiger charge is -2.30. The van der Waals surface area contributed by atoms with Gasteiger partial charge >= 0.3 is 5.97 Å². The van der Waals surface area contributed by atoms with Gasteiger partial charge in [-0.15, -0.1) is 0 Å². The van der Waals surface area contributed by atoms with Gasteiger partial charge in [0.1, 0.15) is 11.2 Å². The Hall–Kier alpha value is -1.72. The number of benzene rings is 1. The molecule has 1 aromatic heterocycles. The molecule has 1 atom stereocenters. The monoisotopic (exact) mass is 293 g/mol. The van der Waals surface area contributed by atoms with Crippen molar-refractivity contribution < 1.29 is 13.9 Å². The third-order valence-corrected chi connectivity index (χ3v) is 4.14. The van der Waals surface area contributed by atoms with Crippen LogP contribution in [0, 0.1) is 5.82 Å². The fraction of sp³-hybridized carbons (Fsp3) is 0.267. The van der Waals surface area contributed by atoms with Crippen LogP contribution in [0.2, 0.25) is 0 Å². The first-order chi connectivity index (χ1) is 9.62. The average molecular weight is 293 g/mol. The highest BCUT2D eigenvalue weighted by Gasteiger charge is 2.40. The van der Waals surface area contributed by atoms with E-state index in [0.29, 0.717) is 12.0 Å². The second-order valence-corrected chi connectivity index (χ2v) is 5.37. The van der Waals surface area contributed by atoms with Crippen LogP contribution in [0.25, 0.3) is 0 Å². The quantitative estimate of drug-likeness (QED) is 0.862. The fourth-order valence-corrected chi connectivity index (χ4v) is 2.94. The van der Waals surface area contributed by atoms with Gasteiger partial charge in [-0.2, -0.15) is 11.3 Å². The molecular weight excluding hydrogens is 277 g/mol. The number of carbonyl (C=O) groups is 1. The molecule has 0 radical (unpaired) electrons. The number of thiophene rings is 1. The second kappa shape index (κ2) is 6.15. The summed E-state index contributed by atoms with van der Waals surface area (Å²) in [5.41, 5.74) is 6.57. The van der Waals surface area contributed by atoms with Crippen LogP contribution in [-0.4, -0.2) is 19.6 Å². The summed E-state index contributed by atoms with van der Waals surface area (Å²) in [5, 5.41) is 3.91. The predicted molar refractivity (Wildman–Crippen MR) is 77.2 cm³/mol. The molecule has 106 valence electrons. The maximum Gasteiger partial charge on any atom is 0.317 e. The Bertz CT molecular complexity index is 568. The topological polar surface area (TPSA) is 52.3 Å². The summed E-state index contributed by atoms with van der Waals surface area (Å²) >= 11 is 1.55. The summed E-state index contributed by atoms with van der Waals surface area (Å²) in [6, 6.07) is 7.78. The highest BCUT2D eigenvalue weighted by molar-refractivity contribution is 7.07. The second-order valence-electron chi connectivity index (χ2n) is 4.59. The Morgan fingerprint density at radius 1 is 1.35 bits per heavy atom. The molecule has 0 fully saturated rings. The summed E-state index contributed by atoms with van der Waals surface area (Å²) in [6.07, 6.45) is 0.436. The van der Waals surface area contributed by atoms with Crippen molar-refractivity contribution in [3.63, 3.8) is 0 Å². The lowest BCUT2D eigenvalue weighted by atomic mass is 9.76. The first-order valence-corrected chi connectivity index (χ1v) is 7.12. The Morgan fingerprint density at radius 2 is 2.05 bits per heavy atom. The molecule has 2 N–H and O–H groups in total. The van der Waals surface area contributed by atoms with Gasteiger partial charge in [0.05, 0.1) is 7.11 Å². The van der Waals surface area contributed by atoms with Gasteiger partial charge in [-0.05, 0) is 46.5 Å². The predicted octanol–water partition coefficient (Wildman–Crippen LogP) is 2.50. The van der Waals surface area contributed by atoms with Crippen molar-refractivity contribution in [1.82, 2.24) is 0 Å². The molecule has 0 amide bonds. The lowest BCUT2D eigenvalue weighted by molar-refractivity contribution is -0.147. The molecule has 0 aliphatic heterocycles. The Balaban J connectivity index is 2.46. The van der Waals surface area contributed by atoms with E-state index in [0.717, 1.165) is 5.56 Å². The maximum absolute atomic E-state index is 13.1. The standard InChI is InChI=1S/C15H16FNO2S/c1-19-14(18)15(10-17,8-11-6-7-20-9-11)12-2-4-13(16)5-3-12/h2-7,9H,8,10,17H2,1H3. The van der Waals surface area contributed by atoms with Crippen LogP contribution in [0.3, 0.4) is 0 Å². The zero-order chi connectivity index (χ0) is 14.6. The normalized spacial score (nSPS) is 13.8. The number of nitrogens with two attached hydrogens (primary N) is 1. The van der Waals surface area contributed by atoms with E-state index in [1.54, 1.807) is 23.5 Å². The molecule has 3 nitrogen and oxygen atoms in total. The Kier molecular flexibility index (Phi) is 4.52. The van der Waals surface area contributed by atoms with Gasteiger partial charge in [0, 0.05) is 6.54 Å². The van der Waals surface area contributed by atoms with E-state index in [2.05, 4.69) is 0 Å². The molecule has 1 heterocycles. The number of hydrogen-bond acceptors (Lipinski definition) is 4. The van der Waals surface area contributed by atoms with Crippen LogP contribution in [-0.2, 0) is 21.4 Å². The third-order valence-electron chi connectivity index (χ3n) is 3.41. The van der Waals surface area contributed by atoms with Gasteiger partial charge in [-0.1, -0.05) is 12.1 Å². The molecule has 2 aromatic rings. The smallest absolute Gasteiger partial charge is 0.317 e. The Labute approximate surface area is 121 Å². The minimum atomic E-state index is -0.983. The van der Waals surface area contributed by atoms with Crippen LogP contribution in [0.4, 0.5) is 4.39 Å². The maximum atomic E-state index is 13.1. The molecule has 0 saturated carbocycles. The first kappa shape index (κ1) is 14.7. The molecule has 0 spiro atoms. The van der Waals surface area contributed by atoms with Crippen molar-refractivity contribution in [2.45, 2.75) is 11.8 Å². The van der Waals surface area contributed by atoms with E-state index in [1.807, 2.05) is 16.8 Å². The molecule has 0 aliphatic carbocycles. The van der Waals surface area contributed by atoms with E-state index in [-0.39, 0.29) is 12.4 Å². The summed E-state index contributed by atoms with van der Waals surface area (Å²) in [4.78, 5) is 12.3. The molecular formula is C15H16FNO2S. The van der Waals surface area contributed by atoms with Crippen LogP contribution >= 0.6 is 11.3 Å². The number of methoxy groups -OCH3 is 1. The third kappa shape index (κ3) is 2.73. The highest BCUT2D eigenvalue weighted by atomic mass is 32.1. The van der Waals surface area contributed by atoms with E-state index in [9.17, 15) is 9.18 Å². The molecule has 1 unspecified atom stereocenters. The average Bonchev–Trinajstić information content (AvgIpc) is 2.98. The highest BCUT2D eigenvalue weighted by Crippen LogP contribution is 2.30. The van der Waals surface area contributed by atoms with Crippen LogP contribution in [0.15, 0.2) is 41.1 Å². The van der Waals surface area contributed by atoms with Crippen molar-refractivity contribution in [1.29, 1.82) is 0 Å². The van der Waals surface area contributed by atoms with Crippen molar-refractivity contribution in [2.75, 3.05) is 13.7 Å². The minimum absolute atomic E-state index is 0.0984. The number of halogens is 1. The number of ether oxygens (including phenoxy) is 1. The van der Waals surface area contributed by atoms with Crippen molar-refractivity contribution in [3.05, 3.63) is 58.0 Å². The van der Waals surface area contributed by atoms with Gasteiger partial charge in [0.2, 0.25) is 0 Å². The number of rotatable bonds is 5. The Morgan fingerprint density at radius 3 is 2.55 bits per heavy atom. The van der Waals surface area contributed by atoms with Crippen LogP contribution in [0.5, 0.6) is 0 Å². The van der Waals surface area contributed by atoms with E-state index in [1.165, 1.54) is 19.2 Å². The zero-order valence-corrected chi connectivity index (χ0v) is 12.0. The van der Waals surface area contributed by atoms with Crippen molar-refractivity contribution in [3.8, 4) is 0 Å². The summed E-state index contributed by atoms with van der Waals surface area (Å²) in [5.74, 6) is -0.752. The summed E-state index contributed by atoms with van der Waals surface area (Å²) in [7, 11) is 1.34. The van der Waals surface area contributed by atoms with E-state index < -0.39 is 11.4 Å². The van der Waals surface area contributed by atoms with Crippen molar-refractivity contribution in [2.24, 2.45) is 5.73 Å². The van der Waals surface area contributed by atoms with Crippen LogP contribution in [0.1, 0.15) is 11.1 Å². The van der Waals surface area contributed by atoms with E-state index >= 15 is 0 Å². The minimum Gasteiger partial charge on any atom is -0.468 e. The van der Waals surface area contributed by atoms with Crippen LogP contribution < -0.4 is 5.73 Å². The molecule has 5 heteroatoms.